The van der Waals surface area contributed by atoms with Crippen LogP contribution in [0.4, 0.5) is 0 Å². The third-order valence-corrected chi connectivity index (χ3v) is 5.13. The van der Waals surface area contributed by atoms with E-state index in [1.54, 1.807) is 14.2 Å². The van der Waals surface area contributed by atoms with Gasteiger partial charge < -0.3 is 19.1 Å². The largest absolute Gasteiger partial charge is 0.493 e. The molecule has 1 aromatic rings. The van der Waals surface area contributed by atoms with Gasteiger partial charge in [0.15, 0.2) is 11.5 Å². The molecule has 130 valence electrons. The van der Waals surface area contributed by atoms with Crippen molar-refractivity contribution in [3.8, 4) is 11.5 Å². The molecule has 2 aliphatic rings. The van der Waals surface area contributed by atoms with Gasteiger partial charge in [0, 0.05) is 6.04 Å². The number of methoxy groups -OCH3 is 2. The van der Waals surface area contributed by atoms with Crippen LogP contribution < -0.4 is 9.47 Å². The Morgan fingerprint density at radius 2 is 1.74 bits per heavy atom. The van der Waals surface area contributed by atoms with Crippen molar-refractivity contribution < 1.29 is 14.2 Å². The average molecular weight is 321 g/mol. The third kappa shape index (κ3) is 4.61. The van der Waals surface area contributed by atoms with Gasteiger partial charge in [0.25, 0.3) is 0 Å². The maximum absolute atomic E-state index is 5.58. The monoisotopic (exact) mass is 321 g/mol. The summed E-state index contributed by atoms with van der Waals surface area (Å²) in [4.78, 5) is 2.39. The van der Waals surface area contributed by atoms with Gasteiger partial charge in [0.05, 0.1) is 26.4 Å². The van der Waals surface area contributed by atoms with Gasteiger partial charge in [-0.15, -0.1) is 0 Å². The predicted molar refractivity (Wildman–Crippen MR) is 93.3 cm³/mol. The Kier molecular flexibility index (Phi) is 6.31. The maximum atomic E-state index is 5.58. The first-order valence-corrected chi connectivity index (χ1v) is 8.52. The van der Waals surface area contributed by atoms with Crippen LogP contribution in [-0.4, -0.2) is 51.5 Å². The zero-order valence-corrected chi connectivity index (χ0v) is 15.2. The van der Waals surface area contributed by atoms with Crippen molar-refractivity contribution in [1.29, 1.82) is 0 Å². The summed E-state index contributed by atoms with van der Waals surface area (Å²) in [5.41, 5.74) is 0.320. The molecule has 3 unspecified atom stereocenters. The fourth-order valence-corrected chi connectivity index (χ4v) is 3.52. The van der Waals surface area contributed by atoms with Crippen molar-refractivity contribution in [2.75, 3.05) is 34.9 Å². The Labute approximate surface area is 140 Å². The molecule has 4 nitrogen and oxygen atoms in total. The Balaban J connectivity index is 0.000000174. The molecule has 1 heterocycles. The molecule has 1 spiro atoms. The molecule has 23 heavy (non-hydrogen) atoms. The van der Waals surface area contributed by atoms with Gasteiger partial charge in [0.2, 0.25) is 0 Å². The summed E-state index contributed by atoms with van der Waals surface area (Å²) in [6.45, 7) is 3.33. The zero-order valence-electron chi connectivity index (χ0n) is 15.2. The summed E-state index contributed by atoms with van der Waals surface area (Å²) in [7, 11) is 7.65. The first-order chi connectivity index (χ1) is 11.0. The first kappa shape index (κ1) is 18.1. The van der Waals surface area contributed by atoms with E-state index >= 15 is 0 Å². The van der Waals surface area contributed by atoms with Gasteiger partial charge in [0.1, 0.15) is 0 Å². The van der Waals surface area contributed by atoms with E-state index < -0.39 is 0 Å². The summed E-state index contributed by atoms with van der Waals surface area (Å²) >= 11 is 0. The van der Waals surface area contributed by atoms with Crippen molar-refractivity contribution >= 4 is 0 Å². The lowest BCUT2D eigenvalue weighted by atomic mass is 9.76. The Hall–Kier alpha value is -1.26. The molecule has 0 radical (unpaired) electrons. The van der Waals surface area contributed by atoms with Crippen LogP contribution in [0.3, 0.4) is 0 Å². The van der Waals surface area contributed by atoms with Crippen LogP contribution in [0, 0.1) is 5.92 Å². The van der Waals surface area contributed by atoms with Gasteiger partial charge >= 0.3 is 0 Å². The van der Waals surface area contributed by atoms with Gasteiger partial charge in [-0.05, 0) is 51.4 Å². The topological polar surface area (TPSA) is 34.2 Å². The fraction of sp³-hybridized carbons (Fsp3) is 0.684. The van der Waals surface area contributed by atoms with E-state index in [2.05, 4.69) is 25.9 Å². The van der Waals surface area contributed by atoms with E-state index in [0.717, 1.165) is 30.1 Å². The summed E-state index contributed by atoms with van der Waals surface area (Å²) in [5.74, 6) is 2.43. The number of ether oxygens (including phenoxy) is 3. The molecular weight excluding hydrogens is 290 g/mol. The minimum Gasteiger partial charge on any atom is -0.493 e. The summed E-state index contributed by atoms with van der Waals surface area (Å²) in [6, 6.07) is 8.28. The number of hydrogen-bond acceptors (Lipinski definition) is 4. The van der Waals surface area contributed by atoms with Crippen molar-refractivity contribution in [2.45, 2.75) is 44.2 Å². The number of nitrogens with zero attached hydrogens (tertiary/aromatic N) is 1. The molecule has 1 saturated heterocycles. The SMILES string of the molecule is CCC1CCC2(CO2)CC1N(C)C.COc1ccccc1OC. The van der Waals surface area contributed by atoms with Crippen molar-refractivity contribution in [3.05, 3.63) is 24.3 Å². The normalized spacial score (nSPS) is 29.0. The molecular formula is C19H31NO3. The Bertz CT molecular complexity index is 462. The molecule has 4 heteroatoms. The van der Waals surface area contributed by atoms with E-state index in [-0.39, 0.29) is 0 Å². The zero-order chi connectivity index (χ0) is 16.9. The van der Waals surface area contributed by atoms with Crippen LogP contribution in [0.2, 0.25) is 0 Å². The average Bonchev–Trinajstić information content (AvgIpc) is 3.34. The highest BCUT2D eigenvalue weighted by Gasteiger charge is 2.50. The van der Waals surface area contributed by atoms with Gasteiger partial charge in [-0.25, -0.2) is 0 Å². The van der Waals surface area contributed by atoms with E-state index in [1.165, 1.54) is 25.7 Å². The number of rotatable bonds is 4. The van der Waals surface area contributed by atoms with E-state index in [4.69, 9.17) is 14.2 Å². The summed E-state index contributed by atoms with van der Waals surface area (Å²) < 4.78 is 15.6. The molecule has 3 rings (SSSR count). The molecule has 1 aromatic carbocycles. The molecule has 0 N–H and O–H groups in total. The highest BCUT2D eigenvalue weighted by Crippen LogP contribution is 2.45. The highest BCUT2D eigenvalue weighted by atomic mass is 16.6. The van der Waals surface area contributed by atoms with E-state index in [0.29, 0.717) is 5.60 Å². The maximum Gasteiger partial charge on any atom is 0.160 e. The Morgan fingerprint density at radius 3 is 2.13 bits per heavy atom. The van der Waals surface area contributed by atoms with Crippen molar-refractivity contribution in [1.82, 2.24) is 4.90 Å². The van der Waals surface area contributed by atoms with Crippen LogP contribution >= 0.6 is 0 Å². The second-order valence-corrected chi connectivity index (χ2v) is 6.77. The third-order valence-electron chi connectivity index (χ3n) is 5.13. The van der Waals surface area contributed by atoms with E-state index in [1.807, 2.05) is 24.3 Å². The number of para-hydroxylation sites is 2. The first-order valence-electron chi connectivity index (χ1n) is 8.52. The number of hydrogen-bond donors (Lipinski definition) is 0. The van der Waals surface area contributed by atoms with Crippen LogP contribution in [0.15, 0.2) is 24.3 Å². The van der Waals surface area contributed by atoms with Gasteiger partial charge in [-0.3, -0.25) is 0 Å². The smallest absolute Gasteiger partial charge is 0.160 e. The quantitative estimate of drug-likeness (QED) is 0.794. The fourth-order valence-electron chi connectivity index (χ4n) is 3.52. The van der Waals surface area contributed by atoms with E-state index in [9.17, 15) is 0 Å². The van der Waals surface area contributed by atoms with Gasteiger partial charge in [-0.2, -0.15) is 0 Å². The number of benzene rings is 1. The summed E-state index contributed by atoms with van der Waals surface area (Å²) in [6.07, 6.45) is 5.24. The minimum absolute atomic E-state index is 0.320. The lowest BCUT2D eigenvalue weighted by molar-refractivity contribution is 0.0929. The molecule has 3 atom stereocenters. The van der Waals surface area contributed by atoms with Crippen molar-refractivity contribution in [3.63, 3.8) is 0 Å². The van der Waals surface area contributed by atoms with Crippen LogP contribution in [-0.2, 0) is 4.74 Å². The second-order valence-electron chi connectivity index (χ2n) is 6.77. The Morgan fingerprint density at radius 1 is 1.17 bits per heavy atom. The molecule has 0 bridgehead atoms. The molecule has 2 fully saturated rings. The second kappa shape index (κ2) is 8.02. The van der Waals surface area contributed by atoms with Crippen molar-refractivity contribution in [2.24, 2.45) is 5.92 Å². The summed E-state index contributed by atoms with van der Waals surface area (Å²) in [5, 5.41) is 0. The lowest BCUT2D eigenvalue weighted by Crippen LogP contribution is -2.43. The molecule has 0 amide bonds. The molecule has 1 aliphatic heterocycles. The minimum atomic E-state index is 0.320. The standard InChI is InChI=1S/C11H21NO.C8H10O2/c1-4-9-5-6-11(8-13-11)7-10(9)12(2)3;1-9-7-5-3-4-6-8(7)10-2/h9-10H,4-8H2,1-3H3;3-6H,1-2H3. The van der Waals surface area contributed by atoms with Gasteiger partial charge in [-0.1, -0.05) is 25.5 Å². The molecule has 0 aromatic heterocycles. The highest BCUT2D eigenvalue weighted by molar-refractivity contribution is 5.39. The van der Waals surface area contributed by atoms with Crippen LogP contribution in [0.25, 0.3) is 0 Å². The molecule has 1 saturated carbocycles. The molecule has 1 aliphatic carbocycles. The number of epoxide rings is 1. The van der Waals surface area contributed by atoms with Crippen LogP contribution in [0.5, 0.6) is 11.5 Å². The lowest BCUT2D eigenvalue weighted by Gasteiger charge is -2.38. The van der Waals surface area contributed by atoms with Crippen LogP contribution in [0.1, 0.15) is 32.6 Å². The predicted octanol–water partition coefficient (Wildman–Crippen LogP) is 3.60.